The first-order valence-corrected chi connectivity index (χ1v) is 7.15. The normalized spacial score (nSPS) is 10.5. The largest absolute Gasteiger partial charge is 0.399 e. The SMILES string of the molecule is CC(=O)Nc1ccc(Cc2noc(-c3cccc(N)c3)n2)cc1. The average molecular weight is 308 g/mol. The van der Waals surface area contributed by atoms with Crippen LogP contribution in [0.25, 0.3) is 11.5 Å². The molecule has 0 aliphatic rings. The standard InChI is InChI=1S/C17H16N4O2/c1-11(22)19-15-7-5-12(6-8-15)9-16-20-17(23-21-16)13-3-2-4-14(18)10-13/h2-8,10H,9,18H2,1H3,(H,19,22). The van der Waals surface area contributed by atoms with E-state index in [1.807, 2.05) is 36.4 Å². The molecule has 23 heavy (non-hydrogen) atoms. The van der Waals surface area contributed by atoms with Crippen molar-refractivity contribution in [2.75, 3.05) is 11.1 Å². The second-order valence-electron chi connectivity index (χ2n) is 5.20. The van der Waals surface area contributed by atoms with Crippen molar-refractivity contribution in [1.29, 1.82) is 0 Å². The summed E-state index contributed by atoms with van der Waals surface area (Å²) in [4.78, 5) is 15.4. The van der Waals surface area contributed by atoms with E-state index in [0.29, 0.717) is 23.8 Å². The Bertz CT molecular complexity index is 825. The maximum atomic E-state index is 11.0. The summed E-state index contributed by atoms with van der Waals surface area (Å²) in [6, 6.07) is 14.8. The summed E-state index contributed by atoms with van der Waals surface area (Å²) in [6.07, 6.45) is 0.548. The lowest BCUT2D eigenvalue weighted by Crippen LogP contribution is -2.05. The van der Waals surface area contributed by atoms with E-state index in [2.05, 4.69) is 15.5 Å². The number of nitrogens with one attached hydrogen (secondary N) is 1. The highest BCUT2D eigenvalue weighted by molar-refractivity contribution is 5.88. The Balaban J connectivity index is 1.73. The number of anilines is 2. The molecule has 0 radical (unpaired) electrons. The summed E-state index contributed by atoms with van der Waals surface area (Å²) in [6.45, 7) is 1.48. The third-order valence-electron chi connectivity index (χ3n) is 3.24. The van der Waals surface area contributed by atoms with Crippen molar-refractivity contribution < 1.29 is 9.32 Å². The Labute approximate surface area is 133 Å². The summed E-state index contributed by atoms with van der Waals surface area (Å²) < 4.78 is 5.28. The summed E-state index contributed by atoms with van der Waals surface area (Å²) in [5, 5.41) is 6.72. The van der Waals surface area contributed by atoms with Crippen LogP contribution in [0.2, 0.25) is 0 Å². The zero-order valence-corrected chi connectivity index (χ0v) is 12.6. The van der Waals surface area contributed by atoms with Gasteiger partial charge in [-0.05, 0) is 35.9 Å². The van der Waals surface area contributed by atoms with Crippen LogP contribution in [0.15, 0.2) is 53.1 Å². The van der Waals surface area contributed by atoms with E-state index in [-0.39, 0.29) is 5.91 Å². The molecule has 0 spiro atoms. The number of nitrogens with zero attached hydrogens (tertiary/aromatic N) is 2. The van der Waals surface area contributed by atoms with Crippen molar-refractivity contribution in [2.24, 2.45) is 0 Å². The molecule has 2 aromatic carbocycles. The van der Waals surface area contributed by atoms with Gasteiger partial charge >= 0.3 is 0 Å². The van der Waals surface area contributed by atoms with Gasteiger partial charge in [-0.2, -0.15) is 4.98 Å². The average Bonchev–Trinajstić information content (AvgIpc) is 2.97. The molecule has 0 atom stereocenters. The van der Waals surface area contributed by atoms with Gasteiger partial charge in [0.25, 0.3) is 5.89 Å². The molecular formula is C17H16N4O2. The molecule has 6 heteroatoms. The number of rotatable bonds is 4. The van der Waals surface area contributed by atoms with Gasteiger partial charge in [-0.25, -0.2) is 0 Å². The van der Waals surface area contributed by atoms with E-state index >= 15 is 0 Å². The number of hydrogen-bond donors (Lipinski definition) is 2. The zero-order valence-electron chi connectivity index (χ0n) is 12.6. The molecule has 116 valence electrons. The Morgan fingerprint density at radius 3 is 2.70 bits per heavy atom. The summed E-state index contributed by atoms with van der Waals surface area (Å²) in [7, 11) is 0. The molecule has 3 N–H and O–H groups in total. The molecule has 0 fully saturated rings. The number of hydrogen-bond acceptors (Lipinski definition) is 5. The molecule has 1 amide bonds. The number of aromatic nitrogens is 2. The molecule has 0 aliphatic carbocycles. The molecule has 0 bridgehead atoms. The first-order chi connectivity index (χ1) is 11.1. The predicted octanol–water partition coefficient (Wildman–Crippen LogP) is 2.87. The van der Waals surface area contributed by atoms with E-state index < -0.39 is 0 Å². The summed E-state index contributed by atoms with van der Waals surface area (Å²) in [5.74, 6) is 0.944. The van der Waals surface area contributed by atoms with Crippen LogP contribution >= 0.6 is 0 Å². The predicted molar refractivity (Wildman–Crippen MR) is 87.7 cm³/mol. The first kappa shape index (κ1) is 14.8. The lowest BCUT2D eigenvalue weighted by molar-refractivity contribution is -0.114. The van der Waals surface area contributed by atoms with Gasteiger partial charge in [0, 0.05) is 30.3 Å². The lowest BCUT2D eigenvalue weighted by atomic mass is 10.1. The minimum Gasteiger partial charge on any atom is -0.399 e. The molecule has 6 nitrogen and oxygen atoms in total. The van der Waals surface area contributed by atoms with Crippen molar-refractivity contribution in [2.45, 2.75) is 13.3 Å². The van der Waals surface area contributed by atoms with Crippen molar-refractivity contribution in [3.8, 4) is 11.5 Å². The van der Waals surface area contributed by atoms with Crippen LogP contribution in [0, 0.1) is 0 Å². The molecule has 0 unspecified atom stereocenters. The van der Waals surface area contributed by atoms with Gasteiger partial charge in [0.2, 0.25) is 5.91 Å². The maximum Gasteiger partial charge on any atom is 0.258 e. The van der Waals surface area contributed by atoms with Crippen molar-refractivity contribution in [1.82, 2.24) is 10.1 Å². The maximum absolute atomic E-state index is 11.0. The minimum absolute atomic E-state index is 0.0947. The van der Waals surface area contributed by atoms with Crippen LogP contribution < -0.4 is 11.1 Å². The molecule has 3 rings (SSSR count). The van der Waals surface area contributed by atoms with Gasteiger partial charge in [-0.3, -0.25) is 4.79 Å². The van der Waals surface area contributed by atoms with Crippen LogP contribution in [0.1, 0.15) is 18.3 Å². The highest BCUT2D eigenvalue weighted by Crippen LogP contribution is 2.20. The molecule has 0 aliphatic heterocycles. The van der Waals surface area contributed by atoms with Gasteiger partial charge in [-0.1, -0.05) is 23.4 Å². The fourth-order valence-corrected chi connectivity index (χ4v) is 2.21. The highest BCUT2D eigenvalue weighted by atomic mass is 16.5. The quantitative estimate of drug-likeness (QED) is 0.723. The van der Waals surface area contributed by atoms with Crippen LogP contribution in [-0.2, 0) is 11.2 Å². The first-order valence-electron chi connectivity index (χ1n) is 7.15. The van der Waals surface area contributed by atoms with E-state index in [0.717, 1.165) is 16.8 Å². The number of nitrogen functional groups attached to an aromatic ring is 1. The van der Waals surface area contributed by atoms with Crippen molar-refractivity contribution in [3.63, 3.8) is 0 Å². The Hall–Kier alpha value is -3.15. The van der Waals surface area contributed by atoms with Gasteiger partial charge in [0.1, 0.15) is 0 Å². The number of nitrogens with two attached hydrogens (primary N) is 1. The van der Waals surface area contributed by atoms with Gasteiger partial charge in [0.15, 0.2) is 5.82 Å². The zero-order chi connectivity index (χ0) is 16.2. The number of carbonyl (C=O) groups is 1. The fraction of sp³-hybridized carbons (Fsp3) is 0.118. The van der Waals surface area contributed by atoms with E-state index in [1.165, 1.54) is 6.92 Å². The number of carbonyl (C=O) groups excluding carboxylic acids is 1. The van der Waals surface area contributed by atoms with Gasteiger partial charge in [0.05, 0.1) is 0 Å². The third kappa shape index (κ3) is 3.74. The van der Waals surface area contributed by atoms with Crippen LogP contribution in [0.4, 0.5) is 11.4 Å². The van der Waals surface area contributed by atoms with Gasteiger partial charge in [-0.15, -0.1) is 0 Å². The van der Waals surface area contributed by atoms with E-state index in [4.69, 9.17) is 10.3 Å². The van der Waals surface area contributed by atoms with E-state index in [1.54, 1.807) is 12.1 Å². The Kier molecular flexibility index (Phi) is 4.05. The Morgan fingerprint density at radius 1 is 1.22 bits per heavy atom. The lowest BCUT2D eigenvalue weighted by Gasteiger charge is -2.02. The smallest absolute Gasteiger partial charge is 0.258 e. The molecule has 0 saturated carbocycles. The summed E-state index contributed by atoms with van der Waals surface area (Å²) >= 11 is 0. The van der Waals surface area contributed by atoms with Crippen LogP contribution in [0.5, 0.6) is 0 Å². The third-order valence-corrected chi connectivity index (χ3v) is 3.24. The fourth-order valence-electron chi connectivity index (χ4n) is 2.21. The topological polar surface area (TPSA) is 94.0 Å². The van der Waals surface area contributed by atoms with Crippen LogP contribution in [0.3, 0.4) is 0 Å². The van der Waals surface area contributed by atoms with Crippen LogP contribution in [-0.4, -0.2) is 16.0 Å². The second-order valence-corrected chi connectivity index (χ2v) is 5.20. The van der Waals surface area contributed by atoms with Crippen molar-refractivity contribution >= 4 is 17.3 Å². The molecule has 3 aromatic rings. The second kappa shape index (κ2) is 6.31. The molecule has 1 aromatic heterocycles. The van der Waals surface area contributed by atoms with E-state index in [9.17, 15) is 4.79 Å². The summed E-state index contributed by atoms with van der Waals surface area (Å²) in [5.41, 5.74) is 8.99. The highest BCUT2D eigenvalue weighted by Gasteiger charge is 2.09. The number of amides is 1. The number of benzene rings is 2. The minimum atomic E-state index is -0.0947. The molecular weight excluding hydrogens is 292 g/mol. The van der Waals surface area contributed by atoms with Crippen molar-refractivity contribution in [3.05, 3.63) is 59.9 Å². The van der Waals surface area contributed by atoms with Gasteiger partial charge < -0.3 is 15.6 Å². The molecule has 1 heterocycles. The Morgan fingerprint density at radius 2 is 2.00 bits per heavy atom. The molecule has 0 saturated heterocycles. The monoisotopic (exact) mass is 308 g/mol.